The Kier molecular flexibility index (Phi) is 5.60. The number of hydrogen-bond acceptors (Lipinski definition) is 5. The van der Waals surface area contributed by atoms with E-state index in [1.54, 1.807) is 13.8 Å². The number of pyridine rings is 1. The van der Waals surface area contributed by atoms with Crippen LogP contribution in [0.2, 0.25) is 5.15 Å². The standard InChI is InChI=1S/C12H14ClN3O5/c1-3-15(7(2)4-10(17)18)12(19)9-5-8(16(20)21)6-14-11(9)13/h5-7H,3-4H2,1-2H3,(H,17,18). The lowest BCUT2D eigenvalue weighted by Gasteiger charge is -2.27. The molecule has 0 saturated carbocycles. The second kappa shape index (κ2) is 6.98. The molecule has 8 nitrogen and oxygen atoms in total. The van der Waals surface area contributed by atoms with Crippen LogP contribution in [-0.2, 0) is 4.79 Å². The summed E-state index contributed by atoms with van der Waals surface area (Å²) in [6.45, 7) is 3.50. The topological polar surface area (TPSA) is 114 Å². The molecule has 1 atom stereocenters. The van der Waals surface area contributed by atoms with E-state index in [2.05, 4.69) is 4.98 Å². The lowest BCUT2D eigenvalue weighted by atomic mass is 10.1. The fourth-order valence-electron chi connectivity index (χ4n) is 1.86. The number of halogens is 1. The largest absolute Gasteiger partial charge is 0.481 e. The fraction of sp³-hybridized carbons (Fsp3) is 0.417. The van der Waals surface area contributed by atoms with Gasteiger partial charge >= 0.3 is 5.97 Å². The van der Waals surface area contributed by atoms with Crippen LogP contribution >= 0.6 is 11.6 Å². The predicted octanol–water partition coefficient (Wildman–Crippen LogP) is 1.97. The Balaban J connectivity index is 3.12. The number of aromatic nitrogens is 1. The maximum atomic E-state index is 12.4. The van der Waals surface area contributed by atoms with Crippen molar-refractivity contribution in [2.45, 2.75) is 26.3 Å². The molecule has 1 rings (SSSR count). The first-order valence-electron chi connectivity index (χ1n) is 6.10. The number of amides is 1. The van der Waals surface area contributed by atoms with E-state index in [9.17, 15) is 19.7 Å². The van der Waals surface area contributed by atoms with Gasteiger partial charge in [0.1, 0.15) is 11.3 Å². The molecule has 9 heteroatoms. The van der Waals surface area contributed by atoms with Crippen molar-refractivity contribution in [1.82, 2.24) is 9.88 Å². The lowest BCUT2D eigenvalue weighted by Crippen LogP contribution is -2.39. The molecule has 0 aliphatic rings. The molecule has 1 unspecified atom stereocenters. The average molecular weight is 316 g/mol. The van der Waals surface area contributed by atoms with E-state index in [1.165, 1.54) is 4.90 Å². The van der Waals surface area contributed by atoms with Gasteiger partial charge in [0.25, 0.3) is 11.6 Å². The summed E-state index contributed by atoms with van der Waals surface area (Å²) in [5, 5.41) is 19.4. The molecule has 1 heterocycles. The zero-order valence-electron chi connectivity index (χ0n) is 11.4. The third kappa shape index (κ3) is 4.12. The molecule has 0 aliphatic carbocycles. The number of carboxylic acid groups (broad SMARTS) is 1. The van der Waals surface area contributed by atoms with Crippen LogP contribution in [0, 0.1) is 10.1 Å². The fourth-order valence-corrected chi connectivity index (χ4v) is 2.04. The van der Waals surface area contributed by atoms with E-state index in [-0.39, 0.29) is 29.4 Å². The molecule has 1 N–H and O–H groups in total. The van der Waals surface area contributed by atoms with Crippen LogP contribution in [0.4, 0.5) is 5.69 Å². The molecule has 0 aliphatic heterocycles. The van der Waals surface area contributed by atoms with Crippen LogP contribution in [0.3, 0.4) is 0 Å². The minimum absolute atomic E-state index is 0.120. The molecular formula is C12H14ClN3O5. The van der Waals surface area contributed by atoms with Crippen LogP contribution in [0.1, 0.15) is 30.6 Å². The summed E-state index contributed by atoms with van der Waals surface area (Å²) in [4.78, 5) is 38.1. The summed E-state index contributed by atoms with van der Waals surface area (Å²) >= 11 is 5.81. The Morgan fingerprint density at radius 2 is 2.19 bits per heavy atom. The second-order valence-electron chi connectivity index (χ2n) is 4.33. The van der Waals surface area contributed by atoms with Crippen LogP contribution in [0.5, 0.6) is 0 Å². The second-order valence-corrected chi connectivity index (χ2v) is 4.69. The van der Waals surface area contributed by atoms with Gasteiger partial charge in [0.05, 0.1) is 16.9 Å². The SMILES string of the molecule is CCN(C(=O)c1cc([N+](=O)[O-])cnc1Cl)C(C)CC(=O)O. The van der Waals surface area contributed by atoms with E-state index < -0.39 is 22.8 Å². The molecule has 1 aromatic heterocycles. The van der Waals surface area contributed by atoms with Crippen molar-refractivity contribution >= 4 is 29.2 Å². The van der Waals surface area contributed by atoms with Gasteiger partial charge in [-0.25, -0.2) is 4.98 Å². The van der Waals surface area contributed by atoms with Gasteiger partial charge < -0.3 is 10.0 Å². The first-order chi connectivity index (χ1) is 9.77. The molecule has 0 fully saturated rings. The average Bonchev–Trinajstić information content (AvgIpc) is 2.38. The number of nitro groups is 1. The van der Waals surface area contributed by atoms with Gasteiger partial charge in [-0.05, 0) is 13.8 Å². The number of carbonyl (C=O) groups excluding carboxylic acids is 1. The number of carbonyl (C=O) groups is 2. The van der Waals surface area contributed by atoms with Crippen molar-refractivity contribution in [3.63, 3.8) is 0 Å². The van der Waals surface area contributed by atoms with E-state index in [1.807, 2.05) is 0 Å². The summed E-state index contributed by atoms with van der Waals surface area (Å²) in [7, 11) is 0. The van der Waals surface area contributed by atoms with Crippen LogP contribution in [0.25, 0.3) is 0 Å². The third-order valence-corrected chi connectivity index (χ3v) is 3.17. The molecule has 114 valence electrons. The summed E-state index contributed by atoms with van der Waals surface area (Å²) in [6, 6.07) is 0.462. The third-order valence-electron chi connectivity index (χ3n) is 2.87. The number of nitrogens with zero attached hydrogens (tertiary/aromatic N) is 3. The van der Waals surface area contributed by atoms with Gasteiger partial charge in [0, 0.05) is 18.7 Å². The highest BCUT2D eigenvalue weighted by Crippen LogP contribution is 2.22. The van der Waals surface area contributed by atoms with Crippen molar-refractivity contribution < 1.29 is 19.6 Å². The Bertz CT molecular complexity index is 578. The van der Waals surface area contributed by atoms with E-state index in [4.69, 9.17) is 16.7 Å². The number of aliphatic carboxylic acids is 1. The predicted molar refractivity (Wildman–Crippen MR) is 74.3 cm³/mol. The van der Waals surface area contributed by atoms with Crippen molar-refractivity contribution in [3.8, 4) is 0 Å². The normalized spacial score (nSPS) is 11.8. The van der Waals surface area contributed by atoms with Crippen molar-refractivity contribution in [2.75, 3.05) is 6.54 Å². The first-order valence-corrected chi connectivity index (χ1v) is 6.48. The maximum absolute atomic E-state index is 12.4. The highest BCUT2D eigenvalue weighted by molar-refractivity contribution is 6.32. The molecule has 1 aromatic rings. The Hall–Kier alpha value is -2.22. The maximum Gasteiger partial charge on any atom is 0.305 e. The highest BCUT2D eigenvalue weighted by atomic mass is 35.5. The van der Waals surface area contributed by atoms with Gasteiger partial charge in [-0.2, -0.15) is 0 Å². The molecule has 0 bridgehead atoms. The Morgan fingerprint density at radius 3 is 2.67 bits per heavy atom. The van der Waals surface area contributed by atoms with Crippen molar-refractivity contribution in [3.05, 3.63) is 33.1 Å². The van der Waals surface area contributed by atoms with Crippen molar-refractivity contribution in [1.29, 1.82) is 0 Å². The summed E-state index contributed by atoms with van der Waals surface area (Å²) in [5.74, 6) is -1.63. The van der Waals surface area contributed by atoms with Gasteiger partial charge in [-0.3, -0.25) is 19.7 Å². The number of rotatable bonds is 6. The first kappa shape index (κ1) is 16.8. The lowest BCUT2D eigenvalue weighted by molar-refractivity contribution is -0.385. The number of hydrogen-bond donors (Lipinski definition) is 1. The molecule has 0 spiro atoms. The van der Waals surface area contributed by atoms with E-state index in [0.717, 1.165) is 12.3 Å². The Morgan fingerprint density at radius 1 is 1.57 bits per heavy atom. The minimum Gasteiger partial charge on any atom is -0.481 e. The van der Waals surface area contributed by atoms with Gasteiger partial charge in [-0.1, -0.05) is 11.6 Å². The van der Waals surface area contributed by atoms with Crippen molar-refractivity contribution in [2.24, 2.45) is 0 Å². The Labute approximate surface area is 125 Å². The molecule has 0 aromatic carbocycles. The minimum atomic E-state index is -1.04. The molecule has 1 amide bonds. The van der Waals surface area contributed by atoms with E-state index in [0.29, 0.717) is 0 Å². The monoisotopic (exact) mass is 315 g/mol. The zero-order chi connectivity index (χ0) is 16.2. The van der Waals surface area contributed by atoms with Gasteiger partial charge in [0.15, 0.2) is 0 Å². The molecular weight excluding hydrogens is 302 g/mol. The number of carboxylic acids is 1. The van der Waals surface area contributed by atoms with Gasteiger partial charge in [-0.15, -0.1) is 0 Å². The zero-order valence-corrected chi connectivity index (χ0v) is 12.2. The highest BCUT2D eigenvalue weighted by Gasteiger charge is 2.25. The summed E-state index contributed by atoms with van der Waals surface area (Å²) in [5.41, 5.74) is -0.477. The van der Waals surface area contributed by atoms with Crippen LogP contribution in [0.15, 0.2) is 12.3 Å². The molecule has 21 heavy (non-hydrogen) atoms. The quantitative estimate of drug-likeness (QED) is 0.487. The van der Waals surface area contributed by atoms with Crippen LogP contribution in [-0.4, -0.2) is 44.4 Å². The summed E-state index contributed by atoms with van der Waals surface area (Å²) < 4.78 is 0. The molecule has 0 saturated heterocycles. The molecule has 0 radical (unpaired) electrons. The van der Waals surface area contributed by atoms with E-state index >= 15 is 0 Å². The van der Waals surface area contributed by atoms with Gasteiger partial charge in [0.2, 0.25) is 0 Å². The summed E-state index contributed by atoms with van der Waals surface area (Å²) in [6.07, 6.45) is 0.718. The van der Waals surface area contributed by atoms with Crippen LogP contribution < -0.4 is 0 Å². The smallest absolute Gasteiger partial charge is 0.305 e.